The number of aliphatic hydroxyl groups is 1. The quantitative estimate of drug-likeness (QED) is 0.133. The standard InChI is InChI=1S/C17H30N4O8S/c1-3-8(2)13(17(28)29)21-16(27)11(7-30)20-15(26)10(6-22)19-14(25)9(18)4-5-12(23)24/h8-11,13,22,30H,3-7,18H2,1-2H3,(H,19,25)(H,20,26)(H,21,27)(H,23,24)(H,28,29). The third-order valence-corrected chi connectivity index (χ3v) is 4.78. The summed E-state index contributed by atoms with van der Waals surface area (Å²) in [6.45, 7) is 2.60. The summed E-state index contributed by atoms with van der Waals surface area (Å²) in [5.74, 6) is -5.45. The summed E-state index contributed by atoms with van der Waals surface area (Å²) in [5, 5.41) is 34.1. The third-order valence-electron chi connectivity index (χ3n) is 4.41. The topological polar surface area (TPSA) is 208 Å². The van der Waals surface area contributed by atoms with E-state index in [0.29, 0.717) is 6.42 Å². The number of aliphatic carboxylic acids is 2. The van der Waals surface area contributed by atoms with Crippen molar-refractivity contribution in [3.8, 4) is 0 Å². The van der Waals surface area contributed by atoms with Gasteiger partial charge in [-0.15, -0.1) is 0 Å². The van der Waals surface area contributed by atoms with Gasteiger partial charge in [-0.1, -0.05) is 20.3 Å². The number of carbonyl (C=O) groups excluding carboxylic acids is 3. The molecule has 0 saturated carbocycles. The van der Waals surface area contributed by atoms with E-state index in [1.807, 2.05) is 0 Å². The van der Waals surface area contributed by atoms with E-state index in [1.165, 1.54) is 0 Å². The summed E-state index contributed by atoms with van der Waals surface area (Å²) in [5.41, 5.74) is 5.55. The fourth-order valence-electron chi connectivity index (χ4n) is 2.29. The van der Waals surface area contributed by atoms with E-state index >= 15 is 0 Å². The largest absolute Gasteiger partial charge is 0.481 e. The molecule has 0 rings (SSSR count). The zero-order chi connectivity index (χ0) is 23.4. The molecule has 0 bridgehead atoms. The SMILES string of the molecule is CCC(C)C(NC(=O)C(CS)NC(=O)C(CO)NC(=O)C(N)CCC(=O)O)C(=O)O. The first kappa shape index (κ1) is 27.6. The number of hydrogen-bond acceptors (Lipinski definition) is 8. The van der Waals surface area contributed by atoms with Gasteiger partial charge >= 0.3 is 11.9 Å². The maximum absolute atomic E-state index is 12.4. The molecule has 5 unspecified atom stereocenters. The molecule has 12 nitrogen and oxygen atoms in total. The monoisotopic (exact) mass is 450 g/mol. The van der Waals surface area contributed by atoms with Crippen LogP contribution >= 0.6 is 12.6 Å². The van der Waals surface area contributed by atoms with Crippen LogP contribution in [0.15, 0.2) is 0 Å². The molecule has 0 aliphatic heterocycles. The summed E-state index contributed by atoms with van der Waals surface area (Å²) in [7, 11) is 0. The molecule has 13 heteroatoms. The Bertz CT molecular complexity index is 633. The minimum absolute atomic E-state index is 0.172. The summed E-state index contributed by atoms with van der Waals surface area (Å²) in [4.78, 5) is 58.6. The highest BCUT2D eigenvalue weighted by atomic mass is 32.1. The van der Waals surface area contributed by atoms with Gasteiger partial charge in [0.05, 0.1) is 12.6 Å². The van der Waals surface area contributed by atoms with Crippen LogP contribution in [0.2, 0.25) is 0 Å². The Morgan fingerprint density at radius 3 is 1.93 bits per heavy atom. The van der Waals surface area contributed by atoms with Crippen LogP contribution in [0.4, 0.5) is 0 Å². The van der Waals surface area contributed by atoms with E-state index in [1.54, 1.807) is 13.8 Å². The van der Waals surface area contributed by atoms with Gasteiger partial charge in [0.2, 0.25) is 17.7 Å². The van der Waals surface area contributed by atoms with Crippen LogP contribution in [-0.4, -0.2) is 81.5 Å². The van der Waals surface area contributed by atoms with Crippen LogP contribution in [0.25, 0.3) is 0 Å². The number of carboxylic acid groups (broad SMARTS) is 2. The lowest BCUT2D eigenvalue weighted by Gasteiger charge is -2.25. The first-order chi connectivity index (χ1) is 14.0. The van der Waals surface area contributed by atoms with Crippen LogP contribution in [0.5, 0.6) is 0 Å². The maximum Gasteiger partial charge on any atom is 0.326 e. The van der Waals surface area contributed by atoms with Gasteiger partial charge in [-0.3, -0.25) is 19.2 Å². The highest BCUT2D eigenvalue weighted by Crippen LogP contribution is 2.08. The predicted molar refractivity (Wildman–Crippen MR) is 109 cm³/mol. The van der Waals surface area contributed by atoms with Crippen molar-refractivity contribution < 1.29 is 39.3 Å². The summed E-state index contributed by atoms with van der Waals surface area (Å²) in [6.07, 6.45) is -0.0297. The molecule has 3 amide bonds. The van der Waals surface area contributed by atoms with Gasteiger partial charge < -0.3 is 37.0 Å². The minimum Gasteiger partial charge on any atom is -0.481 e. The van der Waals surface area contributed by atoms with E-state index in [9.17, 15) is 34.2 Å². The van der Waals surface area contributed by atoms with Crippen molar-refractivity contribution >= 4 is 42.3 Å². The van der Waals surface area contributed by atoms with Crippen molar-refractivity contribution in [1.82, 2.24) is 16.0 Å². The molecule has 0 aromatic heterocycles. The number of amides is 3. The van der Waals surface area contributed by atoms with Gasteiger partial charge in [-0.25, -0.2) is 4.79 Å². The average molecular weight is 451 g/mol. The van der Waals surface area contributed by atoms with Gasteiger partial charge in [0.1, 0.15) is 18.1 Å². The van der Waals surface area contributed by atoms with Gasteiger partial charge in [-0.05, 0) is 12.3 Å². The molecule has 0 aliphatic rings. The molecule has 0 spiro atoms. The Kier molecular flexibility index (Phi) is 12.7. The summed E-state index contributed by atoms with van der Waals surface area (Å²) >= 11 is 3.98. The number of aliphatic hydroxyl groups excluding tert-OH is 1. The van der Waals surface area contributed by atoms with Gasteiger partial charge in [0.15, 0.2) is 0 Å². The number of nitrogens with one attached hydrogen (secondary N) is 3. The molecule has 0 aromatic rings. The molecule has 0 aliphatic carbocycles. The first-order valence-electron chi connectivity index (χ1n) is 9.31. The predicted octanol–water partition coefficient (Wildman–Crippen LogP) is -2.31. The fraction of sp³-hybridized carbons (Fsp3) is 0.706. The number of thiol groups is 1. The molecule has 0 heterocycles. The van der Waals surface area contributed by atoms with Crippen LogP contribution in [0, 0.1) is 5.92 Å². The van der Waals surface area contributed by atoms with Gasteiger partial charge in [0, 0.05) is 12.2 Å². The molecule has 0 aromatic carbocycles. The van der Waals surface area contributed by atoms with Crippen LogP contribution < -0.4 is 21.7 Å². The van der Waals surface area contributed by atoms with Crippen LogP contribution in [0.3, 0.4) is 0 Å². The second kappa shape index (κ2) is 13.8. The number of hydrogen-bond donors (Lipinski definition) is 8. The highest BCUT2D eigenvalue weighted by Gasteiger charge is 2.31. The van der Waals surface area contributed by atoms with Crippen molar-refractivity contribution in [2.45, 2.75) is 57.3 Å². The average Bonchev–Trinajstić information content (AvgIpc) is 2.70. The van der Waals surface area contributed by atoms with Crippen molar-refractivity contribution in [1.29, 1.82) is 0 Å². The molecule has 172 valence electrons. The van der Waals surface area contributed by atoms with E-state index in [2.05, 4.69) is 28.6 Å². The second-order valence-corrected chi connectivity index (χ2v) is 7.10. The van der Waals surface area contributed by atoms with Gasteiger partial charge in [0.25, 0.3) is 0 Å². The number of rotatable bonds is 14. The Morgan fingerprint density at radius 1 is 0.967 bits per heavy atom. The fourth-order valence-corrected chi connectivity index (χ4v) is 2.54. The number of carbonyl (C=O) groups is 5. The van der Waals surface area contributed by atoms with Crippen molar-refractivity contribution in [2.24, 2.45) is 11.7 Å². The third kappa shape index (κ3) is 9.41. The van der Waals surface area contributed by atoms with Crippen molar-refractivity contribution in [2.75, 3.05) is 12.4 Å². The lowest BCUT2D eigenvalue weighted by Crippen LogP contribution is -2.59. The molecular weight excluding hydrogens is 420 g/mol. The van der Waals surface area contributed by atoms with Crippen molar-refractivity contribution in [3.63, 3.8) is 0 Å². The highest BCUT2D eigenvalue weighted by molar-refractivity contribution is 7.80. The zero-order valence-corrected chi connectivity index (χ0v) is 17.7. The van der Waals surface area contributed by atoms with E-state index < -0.39 is 60.4 Å². The summed E-state index contributed by atoms with van der Waals surface area (Å²) < 4.78 is 0. The molecule has 0 radical (unpaired) electrons. The number of carboxylic acids is 2. The zero-order valence-electron chi connectivity index (χ0n) is 16.8. The molecular formula is C17H30N4O8S. The Morgan fingerprint density at radius 2 is 1.50 bits per heavy atom. The number of nitrogens with two attached hydrogens (primary N) is 1. The van der Waals surface area contributed by atoms with Gasteiger partial charge in [-0.2, -0.15) is 12.6 Å². The minimum atomic E-state index is -1.45. The van der Waals surface area contributed by atoms with E-state index in [-0.39, 0.29) is 24.5 Å². The Labute approximate surface area is 179 Å². The lowest BCUT2D eigenvalue weighted by atomic mass is 9.99. The van der Waals surface area contributed by atoms with E-state index in [0.717, 1.165) is 0 Å². The van der Waals surface area contributed by atoms with Crippen molar-refractivity contribution in [3.05, 3.63) is 0 Å². The molecule has 8 N–H and O–H groups in total. The van der Waals surface area contributed by atoms with Crippen LogP contribution in [-0.2, 0) is 24.0 Å². The smallest absolute Gasteiger partial charge is 0.326 e. The molecule has 5 atom stereocenters. The molecule has 0 saturated heterocycles. The van der Waals surface area contributed by atoms with E-state index in [4.69, 9.17) is 10.8 Å². The van der Waals surface area contributed by atoms with Crippen LogP contribution in [0.1, 0.15) is 33.1 Å². The second-order valence-electron chi connectivity index (χ2n) is 6.74. The lowest BCUT2D eigenvalue weighted by molar-refractivity contribution is -0.143. The Hall–Kier alpha value is -2.38. The first-order valence-corrected chi connectivity index (χ1v) is 9.94. The normalized spacial score (nSPS) is 15.8. The Balaban J connectivity index is 5.00. The summed E-state index contributed by atoms with van der Waals surface area (Å²) in [6, 6.07) is -5.05. The molecule has 30 heavy (non-hydrogen) atoms. The maximum atomic E-state index is 12.4. The molecule has 0 fully saturated rings.